The molecular weight excluding hydrogens is 194 g/mol. The maximum absolute atomic E-state index is 10.6. The number of para-hydroxylation sites is 2. The third kappa shape index (κ3) is 1.88. The van der Waals surface area contributed by atoms with Crippen LogP contribution >= 0.6 is 0 Å². The first-order chi connectivity index (χ1) is 7.16. The first kappa shape index (κ1) is 9.45. The van der Waals surface area contributed by atoms with Crippen LogP contribution in [-0.2, 0) is 4.79 Å². The van der Waals surface area contributed by atoms with Gasteiger partial charge in [-0.15, -0.1) is 0 Å². The van der Waals surface area contributed by atoms with Crippen molar-refractivity contribution >= 4 is 23.1 Å². The lowest BCUT2D eigenvalue weighted by atomic mass is 10.3. The van der Waals surface area contributed by atoms with Gasteiger partial charge in [-0.3, -0.25) is 0 Å². The van der Waals surface area contributed by atoms with Gasteiger partial charge in [0, 0.05) is 11.6 Å². The minimum absolute atomic E-state index is 0.196. The van der Waals surface area contributed by atoms with Crippen LogP contribution in [0.5, 0.6) is 0 Å². The molecule has 0 fully saturated rings. The van der Waals surface area contributed by atoms with Gasteiger partial charge in [0.1, 0.15) is 5.52 Å². The van der Waals surface area contributed by atoms with Crippen molar-refractivity contribution in [2.75, 3.05) is 0 Å². The summed E-state index contributed by atoms with van der Waals surface area (Å²) in [4.78, 5) is 14.7. The SMILES string of the molecule is C/C(=C\c1nc2ccccc2o1)C(=O)O. The number of hydrogen-bond donors (Lipinski definition) is 1. The van der Waals surface area contributed by atoms with Crippen molar-refractivity contribution in [3.05, 3.63) is 35.7 Å². The van der Waals surface area contributed by atoms with Gasteiger partial charge in [0.25, 0.3) is 0 Å². The van der Waals surface area contributed by atoms with Gasteiger partial charge in [0.15, 0.2) is 5.58 Å². The van der Waals surface area contributed by atoms with E-state index in [1.165, 1.54) is 13.0 Å². The van der Waals surface area contributed by atoms with Crippen LogP contribution in [0.2, 0.25) is 0 Å². The highest BCUT2D eigenvalue weighted by Crippen LogP contribution is 2.16. The summed E-state index contributed by atoms with van der Waals surface area (Å²) < 4.78 is 5.34. The summed E-state index contributed by atoms with van der Waals surface area (Å²) in [6.45, 7) is 1.50. The first-order valence-corrected chi connectivity index (χ1v) is 4.44. The number of aromatic nitrogens is 1. The Morgan fingerprint density at radius 2 is 2.20 bits per heavy atom. The molecule has 0 radical (unpaired) electrons. The molecule has 0 atom stereocenters. The standard InChI is InChI=1S/C11H9NO3/c1-7(11(13)14)6-10-12-8-4-2-3-5-9(8)15-10/h2-6H,1H3,(H,13,14)/b7-6+. The average molecular weight is 203 g/mol. The molecule has 2 aromatic rings. The predicted molar refractivity (Wildman–Crippen MR) is 55.3 cm³/mol. The average Bonchev–Trinajstić information content (AvgIpc) is 2.59. The lowest BCUT2D eigenvalue weighted by Gasteiger charge is -1.88. The number of aliphatic carboxylic acids is 1. The summed E-state index contributed by atoms with van der Waals surface area (Å²) in [5.74, 6) is -0.659. The molecular formula is C11H9NO3. The van der Waals surface area contributed by atoms with Crippen LogP contribution in [0.3, 0.4) is 0 Å². The number of carbonyl (C=O) groups is 1. The molecule has 1 aromatic heterocycles. The van der Waals surface area contributed by atoms with Crippen molar-refractivity contribution < 1.29 is 14.3 Å². The minimum atomic E-state index is -0.975. The highest BCUT2D eigenvalue weighted by molar-refractivity contribution is 5.91. The molecule has 15 heavy (non-hydrogen) atoms. The van der Waals surface area contributed by atoms with Gasteiger partial charge in [-0.1, -0.05) is 12.1 Å². The summed E-state index contributed by atoms with van der Waals surface area (Å²) in [6, 6.07) is 7.29. The largest absolute Gasteiger partial charge is 0.478 e. The number of oxazole rings is 1. The zero-order chi connectivity index (χ0) is 10.8. The Labute approximate surface area is 85.9 Å². The summed E-state index contributed by atoms with van der Waals surface area (Å²) in [6.07, 6.45) is 1.41. The fraction of sp³-hybridized carbons (Fsp3) is 0.0909. The number of carboxylic acid groups (broad SMARTS) is 1. The number of rotatable bonds is 2. The van der Waals surface area contributed by atoms with Crippen LogP contribution in [-0.4, -0.2) is 16.1 Å². The Morgan fingerprint density at radius 1 is 1.47 bits per heavy atom. The third-order valence-corrected chi connectivity index (χ3v) is 1.99. The van der Waals surface area contributed by atoms with Gasteiger partial charge >= 0.3 is 5.97 Å². The first-order valence-electron chi connectivity index (χ1n) is 4.44. The molecule has 0 unspecified atom stereocenters. The highest BCUT2D eigenvalue weighted by Gasteiger charge is 2.05. The molecule has 4 nitrogen and oxygen atoms in total. The van der Waals surface area contributed by atoms with E-state index in [1.807, 2.05) is 18.2 Å². The number of fused-ring (bicyclic) bond motifs is 1. The zero-order valence-corrected chi connectivity index (χ0v) is 8.10. The second kappa shape index (κ2) is 3.57. The zero-order valence-electron chi connectivity index (χ0n) is 8.10. The molecule has 0 aliphatic carbocycles. The highest BCUT2D eigenvalue weighted by atomic mass is 16.4. The minimum Gasteiger partial charge on any atom is -0.478 e. The van der Waals surface area contributed by atoms with Crippen LogP contribution in [0.15, 0.2) is 34.3 Å². The fourth-order valence-electron chi connectivity index (χ4n) is 1.20. The molecule has 0 spiro atoms. The molecule has 4 heteroatoms. The second-order valence-electron chi connectivity index (χ2n) is 3.15. The van der Waals surface area contributed by atoms with Gasteiger partial charge in [0.05, 0.1) is 0 Å². The Kier molecular flexibility index (Phi) is 2.25. The Hall–Kier alpha value is -2.10. The lowest BCUT2D eigenvalue weighted by Crippen LogP contribution is -1.95. The fourth-order valence-corrected chi connectivity index (χ4v) is 1.20. The molecule has 0 bridgehead atoms. The van der Waals surface area contributed by atoms with Gasteiger partial charge in [-0.05, 0) is 19.1 Å². The molecule has 0 aliphatic heterocycles. The number of benzene rings is 1. The van der Waals surface area contributed by atoms with Crippen molar-refractivity contribution in [1.29, 1.82) is 0 Å². The molecule has 1 heterocycles. The van der Waals surface area contributed by atoms with Gasteiger partial charge in [-0.25, -0.2) is 9.78 Å². The molecule has 0 amide bonds. The molecule has 1 aromatic carbocycles. The number of carboxylic acids is 1. The van der Waals surface area contributed by atoms with E-state index in [2.05, 4.69) is 4.98 Å². The second-order valence-corrected chi connectivity index (χ2v) is 3.15. The van der Waals surface area contributed by atoms with Crippen LogP contribution in [0.1, 0.15) is 12.8 Å². The molecule has 0 saturated carbocycles. The predicted octanol–water partition coefficient (Wildman–Crippen LogP) is 2.32. The van der Waals surface area contributed by atoms with E-state index in [0.717, 1.165) is 5.52 Å². The van der Waals surface area contributed by atoms with Crippen molar-refractivity contribution in [2.24, 2.45) is 0 Å². The van der Waals surface area contributed by atoms with E-state index in [0.29, 0.717) is 11.5 Å². The summed E-state index contributed by atoms with van der Waals surface area (Å²) in [5.41, 5.74) is 1.57. The molecule has 0 aliphatic rings. The monoisotopic (exact) mass is 203 g/mol. The van der Waals surface area contributed by atoms with Crippen LogP contribution < -0.4 is 0 Å². The summed E-state index contributed by atoms with van der Waals surface area (Å²) in [5, 5.41) is 8.68. The van der Waals surface area contributed by atoms with E-state index < -0.39 is 5.97 Å². The van der Waals surface area contributed by atoms with Gasteiger partial charge in [0.2, 0.25) is 5.89 Å². The van der Waals surface area contributed by atoms with E-state index in [4.69, 9.17) is 9.52 Å². The number of nitrogens with zero attached hydrogens (tertiary/aromatic N) is 1. The molecule has 0 saturated heterocycles. The van der Waals surface area contributed by atoms with E-state index >= 15 is 0 Å². The maximum atomic E-state index is 10.6. The molecule has 76 valence electrons. The van der Waals surface area contributed by atoms with E-state index in [1.54, 1.807) is 6.07 Å². The quantitative estimate of drug-likeness (QED) is 0.760. The number of hydrogen-bond acceptors (Lipinski definition) is 3. The van der Waals surface area contributed by atoms with Gasteiger partial charge < -0.3 is 9.52 Å². The third-order valence-electron chi connectivity index (χ3n) is 1.99. The summed E-state index contributed by atoms with van der Waals surface area (Å²) in [7, 11) is 0. The van der Waals surface area contributed by atoms with Crippen LogP contribution in [0, 0.1) is 0 Å². The van der Waals surface area contributed by atoms with Gasteiger partial charge in [-0.2, -0.15) is 0 Å². The molecule has 2 rings (SSSR count). The van der Waals surface area contributed by atoms with E-state index in [9.17, 15) is 4.79 Å². The smallest absolute Gasteiger partial charge is 0.331 e. The summed E-state index contributed by atoms with van der Waals surface area (Å²) >= 11 is 0. The van der Waals surface area contributed by atoms with Crippen molar-refractivity contribution in [2.45, 2.75) is 6.92 Å². The lowest BCUT2D eigenvalue weighted by molar-refractivity contribution is -0.132. The Balaban J connectivity index is 2.46. The van der Waals surface area contributed by atoms with E-state index in [-0.39, 0.29) is 5.57 Å². The Bertz CT molecular complexity index is 507. The van der Waals surface area contributed by atoms with Crippen molar-refractivity contribution in [3.63, 3.8) is 0 Å². The van der Waals surface area contributed by atoms with Crippen molar-refractivity contribution in [3.8, 4) is 0 Å². The van der Waals surface area contributed by atoms with Crippen molar-refractivity contribution in [1.82, 2.24) is 4.98 Å². The van der Waals surface area contributed by atoms with Crippen LogP contribution in [0.4, 0.5) is 0 Å². The maximum Gasteiger partial charge on any atom is 0.331 e. The van der Waals surface area contributed by atoms with Crippen LogP contribution in [0.25, 0.3) is 17.2 Å². The molecule has 1 N–H and O–H groups in total. The topological polar surface area (TPSA) is 63.3 Å². The Morgan fingerprint density at radius 3 is 2.87 bits per heavy atom. The normalized spacial score (nSPS) is 11.9.